The minimum atomic E-state index is 0.586. The van der Waals surface area contributed by atoms with Crippen molar-refractivity contribution in [1.29, 1.82) is 0 Å². The maximum Gasteiger partial charge on any atom is 0.103 e. The summed E-state index contributed by atoms with van der Waals surface area (Å²) in [5.74, 6) is 0.688. The van der Waals surface area contributed by atoms with Crippen LogP contribution in [0.1, 0.15) is 220 Å². The van der Waals surface area contributed by atoms with Crippen LogP contribution in [-0.2, 0) is 0 Å². The molecule has 2 nitrogen and oxygen atoms in total. The van der Waals surface area contributed by atoms with Crippen molar-refractivity contribution in [3.63, 3.8) is 0 Å². The Morgan fingerprint density at radius 1 is 0.357 bits per heavy atom. The molecule has 1 rings (SSSR count). The second-order valence-corrected chi connectivity index (χ2v) is 14.3. The second kappa shape index (κ2) is 30.4. The lowest BCUT2D eigenvalue weighted by Gasteiger charge is -2.36. The van der Waals surface area contributed by atoms with E-state index in [1.165, 1.54) is 206 Å². The van der Waals surface area contributed by atoms with E-state index in [-0.39, 0.29) is 0 Å². The van der Waals surface area contributed by atoms with Gasteiger partial charge in [0.25, 0.3) is 0 Å². The summed E-state index contributed by atoms with van der Waals surface area (Å²) in [6.45, 7) is 11.9. The highest BCUT2D eigenvalue weighted by Crippen LogP contribution is 2.24. The fraction of sp³-hybridized carbons (Fsp3) is 0.950. The standard InChI is InChI=1S/C40H80N2/c1-5-7-9-11-13-15-17-19-20-21-22-24-26-28-30-32-34-36-42-38-37-41(40(42)39(3)4)35-33-31-29-27-25-23-18-16-14-12-10-8-6-2/h37-40H,5-36H2,1-4H3. The fourth-order valence-electron chi connectivity index (χ4n) is 7.05. The van der Waals surface area contributed by atoms with E-state index in [1.807, 2.05) is 0 Å². The first kappa shape index (κ1) is 39.4. The minimum Gasteiger partial charge on any atom is -0.356 e. The number of unbranched alkanes of at least 4 members (excludes halogenated alkanes) is 28. The van der Waals surface area contributed by atoms with E-state index in [0.717, 1.165) is 0 Å². The first-order valence-corrected chi connectivity index (χ1v) is 19.9. The van der Waals surface area contributed by atoms with Gasteiger partial charge < -0.3 is 9.80 Å². The molecule has 0 aromatic rings. The van der Waals surface area contributed by atoms with Crippen molar-refractivity contribution in [1.82, 2.24) is 9.80 Å². The van der Waals surface area contributed by atoms with Crippen LogP contribution < -0.4 is 0 Å². The zero-order valence-electron chi connectivity index (χ0n) is 29.8. The SMILES string of the molecule is CCCCCCCCCCCCCCCCCCCN1C=CN(CCCCCCCCCCCCCCC)C1C(C)C. The summed E-state index contributed by atoms with van der Waals surface area (Å²) in [4.78, 5) is 5.30. The van der Waals surface area contributed by atoms with Gasteiger partial charge in [0, 0.05) is 25.5 Å². The largest absolute Gasteiger partial charge is 0.356 e. The van der Waals surface area contributed by atoms with Gasteiger partial charge in [-0.2, -0.15) is 0 Å². The third-order valence-corrected chi connectivity index (χ3v) is 9.77. The van der Waals surface area contributed by atoms with Crippen LogP contribution in [0.2, 0.25) is 0 Å². The van der Waals surface area contributed by atoms with Crippen LogP contribution in [0.4, 0.5) is 0 Å². The zero-order chi connectivity index (χ0) is 30.4. The van der Waals surface area contributed by atoms with Crippen molar-refractivity contribution < 1.29 is 0 Å². The molecule has 0 radical (unpaired) electrons. The van der Waals surface area contributed by atoms with Crippen molar-refractivity contribution in [2.45, 2.75) is 226 Å². The lowest BCUT2D eigenvalue weighted by Crippen LogP contribution is -2.43. The molecule has 0 aliphatic carbocycles. The maximum absolute atomic E-state index is 2.65. The van der Waals surface area contributed by atoms with E-state index in [0.29, 0.717) is 12.1 Å². The quantitative estimate of drug-likeness (QED) is 0.0703. The summed E-state index contributed by atoms with van der Waals surface area (Å²) in [5.41, 5.74) is 0. The van der Waals surface area contributed by atoms with E-state index in [2.05, 4.69) is 49.9 Å². The Hall–Kier alpha value is -0.660. The molecule has 0 saturated carbocycles. The van der Waals surface area contributed by atoms with Gasteiger partial charge >= 0.3 is 0 Å². The van der Waals surface area contributed by atoms with Crippen LogP contribution >= 0.6 is 0 Å². The molecule has 0 fully saturated rings. The van der Waals surface area contributed by atoms with Gasteiger partial charge in [0.1, 0.15) is 6.17 Å². The second-order valence-electron chi connectivity index (χ2n) is 14.3. The third kappa shape index (κ3) is 22.8. The number of nitrogens with zero attached hydrogens (tertiary/aromatic N) is 2. The monoisotopic (exact) mass is 589 g/mol. The van der Waals surface area contributed by atoms with Gasteiger partial charge in [-0.25, -0.2) is 0 Å². The Balaban J connectivity index is 1.93. The van der Waals surface area contributed by atoms with Crippen LogP contribution in [0.5, 0.6) is 0 Å². The summed E-state index contributed by atoms with van der Waals surface area (Å²) in [5, 5.41) is 0. The van der Waals surface area contributed by atoms with Gasteiger partial charge in [0.05, 0.1) is 0 Å². The van der Waals surface area contributed by atoms with Gasteiger partial charge in [-0.3, -0.25) is 0 Å². The van der Waals surface area contributed by atoms with E-state index < -0.39 is 0 Å². The summed E-state index contributed by atoms with van der Waals surface area (Å²) < 4.78 is 0. The molecule has 1 unspecified atom stereocenters. The molecule has 1 heterocycles. The van der Waals surface area contributed by atoms with E-state index in [9.17, 15) is 0 Å². The molecular weight excluding hydrogens is 508 g/mol. The molecular formula is C40H80N2. The molecule has 1 aliphatic rings. The molecule has 0 aromatic carbocycles. The minimum absolute atomic E-state index is 0.586. The Kier molecular flexibility index (Phi) is 28.5. The molecule has 1 aliphatic heterocycles. The highest BCUT2D eigenvalue weighted by Gasteiger charge is 2.28. The van der Waals surface area contributed by atoms with Crippen molar-refractivity contribution in [3.05, 3.63) is 12.4 Å². The lowest BCUT2D eigenvalue weighted by molar-refractivity contribution is 0.104. The molecule has 0 N–H and O–H groups in total. The van der Waals surface area contributed by atoms with E-state index >= 15 is 0 Å². The van der Waals surface area contributed by atoms with E-state index in [4.69, 9.17) is 0 Å². The van der Waals surface area contributed by atoms with E-state index in [1.54, 1.807) is 0 Å². The normalized spacial score (nSPS) is 15.1. The van der Waals surface area contributed by atoms with Crippen LogP contribution in [-0.4, -0.2) is 29.1 Å². The summed E-state index contributed by atoms with van der Waals surface area (Å²) >= 11 is 0. The maximum atomic E-state index is 2.65. The number of hydrogen-bond acceptors (Lipinski definition) is 2. The van der Waals surface area contributed by atoms with Crippen LogP contribution in [0.15, 0.2) is 12.4 Å². The smallest absolute Gasteiger partial charge is 0.103 e. The fourth-order valence-corrected chi connectivity index (χ4v) is 7.05. The number of rotatable bonds is 33. The summed E-state index contributed by atoms with van der Waals surface area (Å²) in [7, 11) is 0. The topological polar surface area (TPSA) is 6.48 Å². The van der Waals surface area contributed by atoms with Gasteiger partial charge in [-0.05, 0) is 18.8 Å². The average molecular weight is 589 g/mol. The van der Waals surface area contributed by atoms with Crippen molar-refractivity contribution in [2.75, 3.05) is 13.1 Å². The van der Waals surface area contributed by atoms with Gasteiger partial charge in [0.15, 0.2) is 0 Å². The summed E-state index contributed by atoms with van der Waals surface area (Å²) in [6.07, 6.45) is 48.8. The molecule has 250 valence electrons. The first-order valence-electron chi connectivity index (χ1n) is 19.9. The zero-order valence-corrected chi connectivity index (χ0v) is 29.8. The Bertz CT molecular complexity index is 556. The molecule has 0 bridgehead atoms. The van der Waals surface area contributed by atoms with Crippen LogP contribution in [0.3, 0.4) is 0 Å². The number of hydrogen-bond donors (Lipinski definition) is 0. The molecule has 2 heteroatoms. The van der Waals surface area contributed by atoms with Gasteiger partial charge in [0.2, 0.25) is 0 Å². The summed E-state index contributed by atoms with van der Waals surface area (Å²) in [6, 6.07) is 0. The first-order chi connectivity index (χ1) is 20.7. The molecule has 0 spiro atoms. The Morgan fingerprint density at radius 2 is 0.571 bits per heavy atom. The lowest BCUT2D eigenvalue weighted by atomic mass is 10.0. The van der Waals surface area contributed by atoms with Crippen LogP contribution in [0, 0.1) is 5.92 Å². The van der Waals surface area contributed by atoms with Crippen molar-refractivity contribution in [2.24, 2.45) is 5.92 Å². The molecule has 0 aromatic heterocycles. The van der Waals surface area contributed by atoms with Gasteiger partial charge in [-0.15, -0.1) is 0 Å². The Labute approximate surface area is 267 Å². The molecule has 1 atom stereocenters. The van der Waals surface area contributed by atoms with Crippen molar-refractivity contribution >= 4 is 0 Å². The predicted octanol–water partition coefficient (Wildman–Crippen LogP) is 13.8. The van der Waals surface area contributed by atoms with Crippen molar-refractivity contribution in [3.8, 4) is 0 Å². The third-order valence-electron chi connectivity index (χ3n) is 9.77. The Morgan fingerprint density at radius 3 is 0.786 bits per heavy atom. The predicted molar refractivity (Wildman–Crippen MR) is 191 cm³/mol. The molecule has 0 amide bonds. The molecule has 0 saturated heterocycles. The average Bonchev–Trinajstić information content (AvgIpc) is 3.40. The highest BCUT2D eigenvalue weighted by molar-refractivity contribution is 4.98. The van der Waals surface area contributed by atoms with Crippen LogP contribution in [0.25, 0.3) is 0 Å². The van der Waals surface area contributed by atoms with Gasteiger partial charge in [-0.1, -0.05) is 207 Å². The highest BCUT2D eigenvalue weighted by atomic mass is 15.4. The molecule has 42 heavy (non-hydrogen) atoms.